The van der Waals surface area contributed by atoms with Crippen LogP contribution in [0.15, 0.2) is 48.8 Å². The van der Waals surface area contributed by atoms with Crippen molar-refractivity contribution < 1.29 is 34.5 Å². The molecule has 0 amide bonds. The third kappa shape index (κ3) is 11.3. The van der Waals surface area contributed by atoms with E-state index >= 15 is 0 Å². The van der Waals surface area contributed by atoms with Crippen LogP contribution in [0.4, 0.5) is 25.2 Å². The van der Waals surface area contributed by atoms with Crippen LogP contribution in [0.1, 0.15) is 11.1 Å². The molecule has 2 nitrogen and oxygen atoms in total. The van der Waals surface area contributed by atoms with Crippen molar-refractivity contribution in [3.63, 3.8) is 0 Å². The molecule has 2 aromatic rings. The first kappa shape index (κ1) is 19.8. The number of benzene rings is 1. The number of nitrogens with zero attached hydrogens (tertiary/aromatic N) is 1. The first-order valence-electron chi connectivity index (χ1n) is 6.41. The number of methoxy groups -OCH3 is 1. The fourth-order valence-electron chi connectivity index (χ4n) is 1.40. The molecule has 0 saturated heterocycles. The van der Waals surface area contributed by atoms with Crippen molar-refractivity contribution in [1.29, 1.82) is 0 Å². The van der Waals surface area contributed by atoms with Crippen molar-refractivity contribution in [2.45, 2.75) is 0 Å². The average molecular weight is 369 g/mol. The molecule has 132 valence electrons. The third-order valence-electron chi connectivity index (χ3n) is 2.42. The number of rotatable bonds is 1. The summed E-state index contributed by atoms with van der Waals surface area (Å²) in [5.41, 5.74) is 2.00. The Labute approximate surface area is 134 Å². The van der Waals surface area contributed by atoms with Crippen LogP contribution in [0, 0.1) is 11.8 Å². The van der Waals surface area contributed by atoms with E-state index in [4.69, 9.17) is 4.74 Å². The summed E-state index contributed by atoms with van der Waals surface area (Å²) in [6, 6.07) is 11.7. The molecule has 0 N–H and O–H groups in total. The number of aryl methyl sites for hydroxylation is 1. The minimum absolute atomic E-state index is 0.849. The number of hydrogen-bond donors (Lipinski definition) is 0. The summed E-state index contributed by atoms with van der Waals surface area (Å²) in [5.74, 6) is 7.09. The van der Waals surface area contributed by atoms with E-state index < -0.39 is 7.81 Å². The fraction of sp³-hybridized carbons (Fsp3) is 0.133. The summed E-state index contributed by atoms with van der Waals surface area (Å²) < 4.78 is 66.3. The van der Waals surface area contributed by atoms with Crippen molar-refractivity contribution in [1.82, 2.24) is 0 Å². The van der Waals surface area contributed by atoms with Gasteiger partial charge < -0.3 is 4.74 Å². The molecule has 1 aromatic heterocycles. The van der Waals surface area contributed by atoms with E-state index in [1.54, 1.807) is 7.11 Å². The van der Waals surface area contributed by atoms with Crippen molar-refractivity contribution in [3.8, 4) is 17.6 Å². The zero-order valence-electron chi connectivity index (χ0n) is 12.7. The second-order valence-electron chi connectivity index (χ2n) is 4.69. The first-order chi connectivity index (χ1) is 10.7. The van der Waals surface area contributed by atoms with Crippen molar-refractivity contribution in [3.05, 3.63) is 59.9 Å². The molecule has 9 heteroatoms. The topological polar surface area (TPSA) is 13.1 Å². The van der Waals surface area contributed by atoms with Gasteiger partial charge in [-0.1, -0.05) is 11.8 Å². The third-order valence-corrected chi connectivity index (χ3v) is 2.42. The molecule has 1 heterocycles. The van der Waals surface area contributed by atoms with Crippen LogP contribution in [0.3, 0.4) is 0 Å². The van der Waals surface area contributed by atoms with Gasteiger partial charge in [0.2, 0.25) is 0 Å². The number of hydrogen-bond acceptors (Lipinski definition) is 1. The second-order valence-corrected chi connectivity index (χ2v) is 6.61. The Morgan fingerprint density at radius 1 is 0.792 bits per heavy atom. The van der Waals surface area contributed by atoms with Gasteiger partial charge in [0.15, 0.2) is 12.4 Å². The van der Waals surface area contributed by atoms with E-state index in [9.17, 15) is 25.2 Å². The van der Waals surface area contributed by atoms with Gasteiger partial charge in [0.05, 0.1) is 7.11 Å². The molecule has 0 spiro atoms. The molecule has 0 aliphatic rings. The maximum absolute atomic E-state index is 10.7. The van der Waals surface area contributed by atoms with Crippen molar-refractivity contribution in [2.75, 3.05) is 7.11 Å². The molecule has 2 rings (SSSR count). The van der Waals surface area contributed by atoms with Crippen LogP contribution < -0.4 is 9.30 Å². The van der Waals surface area contributed by atoms with Gasteiger partial charge in [-0.25, -0.2) is 4.57 Å². The maximum atomic E-state index is 9.87. The van der Waals surface area contributed by atoms with Gasteiger partial charge in [0, 0.05) is 23.3 Å². The monoisotopic (exact) mass is 369 g/mol. The Balaban J connectivity index is 0.000000351. The van der Waals surface area contributed by atoms with Crippen molar-refractivity contribution in [2.24, 2.45) is 7.05 Å². The van der Waals surface area contributed by atoms with Gasteiger partial charge in [0.1, 0.15) is 12.8 Å². The van der Waals surface area contributed by atoms with Gasteiger partial charge in [-0.2, -0.15) is 0 Å². The zero-order valence-corrected chi connectivity index (χ0v) is 13.6. The summed E-state index contributed by atoms with van der Waals surface area (Å²) in [5, 5.41) is 0. The molecule has 0 radical (unpaired) electrons. The molecule has 0 unspecified atom stereocenters. The number of ether oxygens (including phenoxy) is 1. The van der Waals surface area contributed by atoms with Gasteiger partial charge >= 0.3 is 33.0 Å². The molecule has 1 aromatic carbocycles. The summed E-state index contributed by atoms with van der Waals surface area (Å²) >= 11 is 0. The molecule has 0 bridgehead atoms. The first-order valence-corrected chi connectivity index (χ1v) is 8.43. The minimum atomic E-state index is -10.7. The molecule has 24 heavy (non-hydrogen) atoms. The van der Waals surface area contributed by atoms with E-state index in [0.717, 1.165) is 16.9 Å². The number of halogens is 6. The summed E-state index contributed by atoms with van der Waals surface area (Å²) in [4.78, 5) is 0. The molecular weight excluding hydrogens is 355 g/mol. The van der Waals surface area contributed by atoms with E-state index in [2.05, 4.69) is 11.8 Å². The SMILES string of the molecule is COc1ccc(C#Cc2cc[n+](C)cc2)cc1.F[P-](F)(F)(F)(F)F. The quantitative estimate of drug-likeness (QED) is 0.288. The van der Waals surface area contributed by atoms with Gasteiger partial charge in [-0.3, -0.25) is 0 Å². The van der Waals surface area contributed by atoms with Crippen LogP contribution in [0.2, 0.25) is 0 Å². The van der Waals surface area contributed by atoms with Crippen molar-refractivity contribution >= 4 is 7.81 Å². The average Bonchev–Trinajstić information content (AvgIpc) is 2.44. The molecule has 0 aliphatic heterocycles. The van der Waals surface area contributed by atoms with Gasteiger partial charge in [0.25, 0.3) is 0 Å². The number of pyridine rings is 1. The van der Waals surface area contributed by atoms with Crippen LogP contribution in [0.5, 0.6) is 5.75 Å². The molecular formula is C15H14F6NOP. The Bertz CT molecular complexity index is 732. The Morgan fingerprint density at radius 3 is 1.54 bits per heavy atom. The van der Waals surface area contributed by atoms with E-state index in [1.165, 1.54) is 0 Å². The number of aromatic nitrogens is 1. The van der Waals surface area contributed by atoms with Gasteiger partial charge in [-0.05, 0) is 24.3 Å². The van der Waals surface area contributed by atoms with E-state index in [-0.39, 0.29) is 0 Å². The molecule has 0 fully saturated rings. The predicted molar refractivity (Wildman–Crippen MR) is 80.2 cm³/mol. The fourth-order valence-corrected chi connectivity index (χ4v) is 1.40. The normalized spacial score (nSPS) is 13.3. The molecule has 0 aliphatic carbocycles. The zero-order chi connectivity index (χ0) is 18.5. The van der Waals surface area contributed by atoms with Crippen LogP contribution in [-0.2, 0) is 7.05 Å². The second kappa shape index (κ2) is 6.33. The molecule has 0 saturated carbocycles. The van der Waals surface area contributed by atoms with Crippen LogP contribution in [-0.4, -0.2) is 7.11 Å². The van der Waals surface area contributed by atoms with E-state index in [1.807, 2.05) is 60.4 Å². The van der Waals surface area contributed by atoms with E-state index in [0.29, 0.717) is 0 Å². The van der Waals surface area contributed by atoms with Gasteiger partial charge in [-0.15, -0.1) is 0 Å². The summed E-state index contributed by atoms with van der Waals surface area (Å²) in [7, 11) is -7.01. The molecule has 0 atom stereocenters. The van der Waals surface area contributed by atoms with Crippen LogP contribution >= 0.6 is 7.81 Å². The Hall–Kier alpha value is -2.26. The Morgan fingerprint density at radius 2 is 1.17 bits per heavy atom. The Kier molecular flexibility index (Phi) is 5.22. The van der Waals surface area contributed by atoms with Crippen LogP contribution in [0.25, 0.3) is 0 Å². The standard InChI is InChI=1S/C15H14NO.F6P/c1-16-11-9-14(10-12-16)4-3-13-5-7-15(17-2)8-6-13;1-7(2,3,4,5)6/h5-12H,1-2H3;/q+1;-1. The predicted octanol–water partition coefficient (Wildman–Crippen LogP) is 5.30. The summed E-state index contributed by atoms with van der Waals surface area (Å²) in [6.07, 6.45) is 3.97. The summed E-state index contributed by atoms with van der Waals surface area (Å²) in [6.45, 7) is 0.